The van der Waals surface area contributed by atoms with Crippen molar-refractivity contribution < 1.29 is 0 Å². The molecule has 0 aliphatic rings. The van der Waals surface area contributed by atoms with Crippen molar-refractivity contribution in [3.05, 3.63) is 87.4 Å². The molecule has 0 bridgehead atoms. The van der Waals surface area contributed by atoms with E-state index in [1.165, 1.54) is 0 Å². The number of benzene rings is 2. The molecule has 3 aromatic rings. The number of imidazole rings is 1. The number of rotatable bonds is 3. The average Bonchev–Trinajstić information content (AvgIpc) is 2.94. The van der Waals surface area contributed by atoms with Gasteiger partial charge in [0.2, 0.25) is 0 Å². The van der Waals surface area contributed by atoms with Crippen LogP contribution in [-0.2, 0) is 12.6 Å². The van der Waals surface area contributed by atoms with Gasteiger partial charge in [-0.05, 0) is 47.9 Å². The molecule has 23 heavy (non-hydrogen) atoms. The fraction of sp³-hybridized carbons (Fsp3) is 0.167. The van der Waals surface area contributed by atoms with Crippen LogP contribution in [0.4, 0.5) is 0 Å². The van der Waals surface area contributed by atoms with E-state index < -0.39 is 5.54 Å². The molecule has 0 radical (unpaired) electrons. The van der Waals surface area contributed by atoms with Crippen molar-refractivity contribution in [2.45, 2.75) is 12.5 Å². The van der Waals surface area contributed by atoms with Crippen molar-refractivity contribution in [2.75, 3.05) is 0 Å². The van der Waals surface area contributed by atoms with Gasteiger partial charge in [-0.3, -0.25) is 0 Å². The predicted molar refractivity (Wildman–Crippen MR) is 94.9 cm³/mol. The van der Waals surface area contributed by atoms with Gasteiger partial charge >= 0.3 is 0 Å². The highest BCUT2D eigenvalue weighted by Gasteiger charge is 2.35. The third kappa shape index (κ3) is 2.76. The van der Waals surface area contributed by atoms with Crippen molar-refractivity contribution in [1.29, 1.82) is 0 Å². The summed E-state index contributed by atoms with van der Waals surface area (Å²) in [5.41, 5.74) is 9.96. The Bertz CT molecular complexity index is 840. The molecule has 118 valence electrons. The number of hydrogen-bond acceptors (Lipinski definition) is 2. The van der Waals surface area contributed by atoms with Gasteiger partial charge in [-0.25, -0.2) is 4.98 Å². The third-order valence-electron chi connectivity index (χ3n) is 4.13. The van der Waals surface area contributed by atoms with Crippen molar-refractivity contribution >= 4 is 23.2 Å². The molecule has 2 aromatic carbocycles. The Morgan fingerprint density at radius 3 is 2.26 bits per heavy atom. The van der Waals surface area contributed by atoms with Gasteiger partial charge in [0.25, 0.3) is 0 Å². The standard InChI is InChI=1S/C18H17Cl2N3/c1-12-9-15(20)7-8-16(12)18(21,17-10-22-11-23(17)2)13-3-5-14(19)6-4-13/h3-11H,21H2,1-2H3/t18-/m1/s1. The monoisotopic (exact) mass is 345 g/mol. The van der Waals surface area contributed by atoms with Crippen LogP contribution in [0, 0.1) is 6.92 Å². The number of halogens is 2. The molecule has 0 aliphatic heterocycles. The van der Waals surface area contributed by atoms with Crippen LogP contribution in [0.2, 0.25) is 10.0 Å². The molecule has 0 saturated heterocycles. The smallest absolute Gasteiger partial charge is 0.109 e. The first-order valence-corrected chi connectivity index (χ1v) is 7.97. The summed E-state index contributed by atoms with van der Waals surface area (Å²) in [6, 6.07) is 13.3. The Balaban J connectivity index is 2.30. The summed E-state index contributed by atoms with van der Waals surface area (Å²) in [6.45, 7) is 2.01. The van der Waals surface area contributed by atoms with Crippen LogP contribution in [0.1, 0.15) is 22.4 Å². The second-order valence-corrected chi connectivity index (χ2v) is 6.54. The molecule has 3 rings (SSSR count). The van der Waals surface area contributed by atoms with Gasteiger partial charge in [-0.2, -0.15) is 0 Å². The second-order valence-electron chi connectivity index (χ2n) is 5.66. The number of nitrogens with two attached hydrogens (primary N) is 1. The fourth-order valence-corrected chi connectivity index (χ4v) is 3.31. The zero-order chi connectivity index (χ0) is 16.6. The molecule has 1 atom stereocenters. The van der Waals surface area contributed by atoms with Crippen LogP contribution in [0.5, 0.6) is 0 Å². The van der Waals surface area contributed by atoms with Gasteiger partial charge in [-0.15, -0.1) is 0 Å². The van der Waals surface area contributed by atoms with E-state index in [1.54, 1.807) is 12.5 Å². The fourth-order valence-electron chi connectivity index (χ4n) is 2.96. The SMILES string of the molecule is Cc1cc(Cl)ccc1[C@](N)(c1ccc(Cl)cc1)c1cncn1C. The molecule has 2 N–H and O–H groups in total. The van der Waals surface area contributed by atoms with Crippen molar-refractivity contribution in [3.63, 3.8) is 0 Å². The van der Waals surface area contributed by atoms with Crippen LogP contribution in [0.25, 0.3) is 0 Å². The minimum atomic E-state index is -0.843. The van der Waals surface area contributed by atoms with E-state index in [9.17, 15) is 0 Å². The molecule has 0 saturated carbocycles. The van der Waals surface area contributed by atoms with Gasteiger partial charge in [0.05, 0.1) is 18.2 Å². The summed E-state index contributed by atoms with van der Waals surface area (Å²) in [7, 11) is 1.94. The minimum Gasteiger partial charge on any atom is -0.336 e. The predicted octanol–water partition coefficient (Wildman–Crippen LogP) is 4.29. The quantitative estimate of drug-likeness (QED) is 0.769. The molecular weight excluding hydrogens is 329 g/mol. The summed E-state index contributed by atoms with van der Waals surface area (Å²) in [5.74, 6) is 0. The number of hydrogen-bond donors (Lipinski definition) is 1. The summed E-state index contributed by atoms with van der Waals surface area (Å²) < 4.78 is 1.93. The van der Waals surface area contributed by atoms with E-state index in [1.807, 2.05) is 61.0 Å². The number of nitrogens with zero attached hydrogens (tertiary/aromatic N) is 2. The van der Waals surface area contributed by atoms with Gasteiger partial charge in [0, 0.05) is 17.1 Å². The van der Waals surface area contributed by atoms with E-state index in [0.29, 0.717) is 10.0 Å². The molecule has 1 aromatic heterocycles. The third-order valence-corrected chi connectivity index (χ3v) is 4.62. The van der Waals surface area contributed by atoms with Crippen LogP contribution in [0.15, 0.2) is 55.0 Å². The lowest BCUT2D eigenvalue weighted by Gasteiger charge is -2.32. The second kappa shape index (κ2) is 6.00. The highest BCUT2D eigenvalue weighted by atomic mass is 35.5. The number of aromatic nitrogens is 2. The first-order chi connectivity index (χ1) is 10.9. The maximum atomic E-state index is 6.96. The lowest BCUT2D eigenvalue weighted by Crippen LogP contribution is -2.41. The lowest BCUT2D eigenvalue weighted by atomic mass is 9.79. The topological polar surface area (TPSA) is 43.8 Å². The van der Waals surface area contributed by atoms with E-state index in [4.69, 9.17) is 28.9 Å². The van der Waals surface area contributed by atoms with Gasteiger partial charge in [0.15, 0.2) is 0 Å². The zero-order valence-electron chi connectivity index (χ0n) is 12.9. The summed E-state index contributed by atoms with van der Waals surface area (Å²) >= 11 is 12.2. The van der Waals surface area contributed by atoms with Crippen LogP contribution in [-0.4, -0.2) is 9.55 Å². The summed E-state index contributed by atoms with van der Waals surface area (Å²) in [6.07, 6.45) is 3.54. The molecule has 1 heterocycles. The van der Waals surface area contributed by atoms with E-state index in [2.05, 4.69) is 4.98 Å². The van der Waals surface area contributed by atoms with Gasteiger partial charge < -0.3 is 10.3 Å². The van der Waals surface area contributed by atoms with Gasteiger partial charge in [0.1, 0.15) is 5.54 Å². The van der Waals surface area contributed by atoms with Crippen LogP contribution in [0.3, 0.4) is 0 Å². The molecule has 0 amide bonds. The maximum absolute atomic E-state index is 6.96. The van der Waals surface area contributed by atoms with E-state index >= 15 is 0 Å². The lowest BCUT2D eigenvalue weighted by molar-refractivity contribution is 0.592. The molecule has 3 nitrogen and oxygen atoms in total. The Hall–Kier alpha value is -1.81. The largest absolute Gasteiger partial charge is 0.336 e. The Morgan fingerprint density at radius 2 is 1.70 bits per heavy atom. The molecule has 0 fully saturated rings. The Kier molecular flexibility index (Phi) is 4.19. The minimum absolute atomic E-state index is 0.675. The Morgan fingerprint density at radius 1 is 1.04 bits per heavy atom. The summed E-state index contributed by atoms with van der Waals surface area (Å²) in [4.78, 5) is 4.23. The molecule has 0 aliphatic carbocycles. The first kappa shape index (κ1) is 16.1. The van der Waals surface area contributed by atoms with E-state index in [0.717, 1.165) is 22.4 Å². The van der Waals surface area contributed by atoms with Crippen LogP contribution >= 0.6 is 23.2 Å². The average molecular weight is 346 g/mol. The Labute approximate surface area is 145 Å². The first-order valence-electron chi connectivity index (χ1n) is 7.21. The van der Waals surface area contributed by atoms with Gasteiger partial charge in [-0.1, -0.05) is 41.4 Å². The van der Waals surface area contributed by atoms with Crippen molar-refractivity contribution in [1.82, 2.24) is 9.55 Å². The normalized spacial score (nSPS) is 13.8. The molecule has 5 heteroatoms. The van der Waals surface area contributed by atoms with E-state index in [-0.39, 0.29) is 0 Å². The highest BCUT2D eigenvalue weighted by Crippen LogP contribution is 2.36. The van der Waals surface area contributed by atoms with Crippen molar-refractivity contribution in [2.24, 2.45) is 12.8 Å². The highest BCUT2D eigenvalue weighted by molar-refractivity contribution is 6.30. The molecule has 0 unspecified atom stereocenters. The maximum Gasteiger partial charge on any atom is 0.109 e. The van der Waals surface area contributed by atoms with Crippen LogP contribution < -0.4 is 5.73 Å². The zero-order valence-corrected chi connectivity index (χ0v) is 14.4. The summed E-state index contributed by atoms with van der Waals surface area (Å²) in [5, 5.41) is 1.36. The van der Waals surface area contributed by atoms with Crippen molar-refractivity contribution in [3.8, 4) is 0 Å². The molecular formula is C18H17Cl2N3. The molecule has 0 spiro atoms. The number of aryl methyl sites for hydroxylation is 2.